The molecule has 24 heavy (non-hydrogen) atoms. The topological polar surface area (TPSA) is 77.2 Å². The van der Waals surface area contributed by atoms with E-state index in [1.54, 1.807) is 0 Å². The van der Waals surface area contributed by atoms with Crippen LogP contribution in [-0.4, -0.2) is 31.9 Å². The van der Waals surface area contributed by atoms with E-state index in [0.29, 0.717) is 18.4 Å². The van der Waals surface area contributed by atoms with Gasteiger partial charge in [0.1, 0.15) is 12.3 Å². The van der Waals surface area contributed by atoms with Crippen molar-refractivity contribution in [1.29, 1.82) is 0 Å². The fraction of sp³-hybridized carbons (Fsp3) is 0.471. The maximum absolute atomic E-state index is 13.3. The zero-order valence-electron chi connectivity index (χ0n) is 13.0. The van der Waals surface area contributed by atoms with Crippen LogP contribution in [0.25, 0.3) is 5.57 Å². The van der Waals surface area contributed by atoms with E-state index in [1.165, 1.54) is 30.3 Å². The number of carbonyl (C=O) groups is 1. The van der Waals surface area contributed by atoms with Crippen LogP contribution in [0.2, 0.25) is 0 Å². The Balaban J connectivity index is 1.86. The summed E-state index contributed by atoms with van der Waals surface area (Å²) in [5.74, 6) is -1.10. The molecule has 130 valence electrons. The number of nitrogens with two attached hydrogens (primary N) is 1. The van der Waals surface area contributed by atoms with Gasteiger partial charge in [0.15, 0.2) is 9.84 Å². The van der Waals surface area contributed by atoms with Crippen LogP contribution in [0.3, 0.4) is 0 Å². The second-order valence-electron chi connectivity index (χ2n) is 6.48. The van der Waals surface area contributed by atoms with E-state index < -0.39 is 34.0 Å². The Morgan fingerprint density at radius 3 is 2.08 bits per heavy atom. The lowest BCUT2D eigenvalue weighted by atomic mass is 9.98. The van der Waals surface area contributed by atoms with Crippen LogP contribution in [0.5, 0.6) is 0 Å². The van der Waals surface area contributed by atoms with E-state index in [2.05, 4.69) is 0 Å². The molecule has 3 rings (SSSR count). The van der Waals surface area contributed by atoms with E-state index in [9.17, 15) is 22.0 Å². The first-order chi connectivity index (χ1) is 11.3. The van der Waals surface area contributed by atoms with Gasteiger partial charge in [0, 0.05) is 5.57 Å². The molecule has 0 radical (unpaired) electrons. The first-order valence-electron chi connectivity index (χ1n) is 7.93. The van der Waals surface area contributed by atoms with Gasteiger partial charge in [0.2, 0.25) is 5.91 Å². The summed E-state index contributed by atoms with van der Waals surface area (Å²) in [6.07, 6.45) is -0.158. The monoisotopic (exact) mass is 355 g/mol. The summed E-state index contributed by atoms with van der Waals surface area (Å²) in [7, 11) is -3.30. The summed E-state index contributed by atoms with van der Waals surface area (Å²) in [6.45, 7) is 0. The first-order valence-corrected chi connectivity index (χ1v) is 9.47. The largest absolute Gasteiger partial charge is 0.366 e. The molecule has 0 unspecified atom stereocenters. The van der Waals surface area contributed by atoms with Gasteiger partial charge in [-0.3, -0.25) is 4.79 Å². The fourth-order valence-electron chi connectivity index (χ4n) is 3.06. The average molecular weight is 355 g/mol. The molecule has 0 saturated heterocycles. The van der Waals surface area contributed by atoms with Crippen molar-refractivity contribution in [2.45, 2.75) is 48.2 Å². The number of rotatable bonds is 5. The highest BCUT2D eigenvalue weighted by atomic mass is 32.2. The summed E-state index contributed by atoms with van der Waals surface area (Å²) in [5, 5.41) is -0.309. The molecule has 0 spiro atoms. The molecule has 2 aliphatic rings. The minimum Gasteiger partial charge on any atom is -0.366 e. The van der Waals surface area contributed by atoms with Gasteiger partial charge < -0.3 is 5.73 Å². The summed E-state index contributed by atoms with van der Waals surface area (Å²) < 4.78 is 50.9. The molecule has 7 heteroatoms. The van der Waals surface area contributed by atoms with Gasteiger partial charge in [-0.05, 0) is 49.3 Å². The maximum Gasteiger partial charge on any atom is 0.248 e. The van der Waals surface area contributed by atoms with E-state index >= 15 is 0 Å². The number of halogens is 2. The minimum absolute atomic E-state index is 0.0199. The van der Waals surface area contributed by atoms with Gasteiger partial charge in [0.25, 0.3) is 0 Å². The number of benzene rings is 1. The zero-order valence-corrected chi connectivity index (χ0v) is 13.8. The van der Waals surface area contributed by atoms with Crippen LogP contribution >= 0.6 is 0 Å². The zero-order chi connectivity index (χ0) is 17.5. The van der Waals surface area contributed by atoms with Gasteiger partial charge in [-0.1, -0.05) is 18.2 Å². The standard InChI is InChI=1S/C17H19F2NO3S/c18-15-8-10(9-16(15)19)7-14(17(20)21)11-1-3-12(4-2-11)24(22,23)13-5-6-13/h1-4,7,10,13,15-16H,5-6,8-9H2,(H2,20,21)/b14-7+/t10-,15+,16-. The van der Waals surface area contributed by atoms with E-state index in [4.69, 9.17) is 5.73 Å². The van der Waals surface area contributed by atoms with Gasteiger partial charge in [0.05, 0.1) is 10.1 Å². The number of carbonyl (C=O) groups excluding carboxylic acids is 1. The number of hydrogen-bond acceptors (Lipinski definition) is 3. The van der Waals surface area contributed by atoms with Gasteiger partial charge in [-0.25, -0.2) is 17.2 Å². The Labute approximate surface area is 139 Å². The lowest BCUT2D eigenvalue weighted by molar-refractivity contribution is -0.112. The van der Waals surface area contributed by atoms with Crippen molar-refractivity contribution < 1.29 is 22.0 Å². The van der Waals surface area contributed by atoms with Crippen LogP contribution in [0.15, 0.2) is 35.2 Å². The smallest absolute Gasteiger partial charge is 0.248 e. The number of amides is 1. The molecule has 2 aliphatic carbocycles. The minimum atomic E-state index is -3.30. The predicted molar refractivity (Wildman–Crippen MR) is 86.3 cm³/mol. The molecule has 1 aromatic carbocycles. The predicted octanol–water partition coefficient (Wildman–Crippen LogP) is 2.58. The molecule has 2 N–H and O–H groups in total. The highest BCUT2D eigenvalue weighted by Gasteiger charge is 2.37. The molecule has 1 amide bonds. The van der Waals surface area contributed by atoms with E-state index in [-0.39, 0.29) is 28.6 Å². The Bertz CT molecular complexity index is 760. The third kappa shape index (κ3) is 3.36. The highest BCUT2D eigenvalue weighted by Crippen LogP contribution is 2.35. The van der Waals surface area contributed by atoms with Gasteiger partial charge >= 0.3 is 0 Å². The van der Waals surface area contributed by atoms with Crippen LogP contribution in [-0.2, 0) is 14.6 Å². The average Bonchev–Trinajstić information content (AvgIpc) is 3.33. The number of allylic oxidation sites excluding steroid dienone is 1. The Morgan fingerprint density at radius 2 is 1.62 bits per heavy atom. The Morgan fingerprint density at radius 1 is 1.08 bits per heavy atom. The molecule has 0 aromatic heterocycles. The molecule has 1 aromatic rings. The maximum atomic E-state index is 13.3. The number of sulfone groups is 1. The third-order valence-corrected chi connectivity index (χ3v) is 6.85. The van der Waals surface area contributed by atoms with Crippen molar-refractivity contribution in [3.63, 3.8) is 0 Å². The van der Waals surface area contributed by atoms with Crippen molar-refractivity contribution in [3.8, 4) is 0 Å². The number of alkyl halides is 2. The Hall–Kier alpha value is -1.76. The summed E-state index contributed by atoms with van der Waals surface area (Å²) in [6, 6.07) is 5.93. The molecule has 2 fully saturated rings. The molecule has 2 saturated carbocycles. The van der Waals surface area contributed by atoms with Crippen molar-refractivity contribution >= 4 is 21.3 Å². The van der Waals surface area contributed by atoms with Crippen molar-refractivity contribution in [2.75, 3.05) is 0 Å². The quantitative estimate of drug-likeness (QED) is 0.825. The van der Waals surface area contributed by atoms with Gasteiger partial charge in [-0.15, -0.1) is 0 Å². The molecular weight excluding hydrogens is 336 g/mol. The van der Waals surface area contributed by atoms with Gasteiger partial charge in [-0.2, -0.15) is 0 Å². The van der Waals surface area contributed by atoms with Crippen LogP contribution in [0, 0.1) is 5.92 Å². The molecule has 0 aliphatic heterocycles. The molecule has 0 heterocycles. The van der Waals surface area contributed by atoms with Crippen molar-refractivity contribution in [3.05, 3.63) is 35.9 Å². The fourth-order valence-corrected chi connectivity index (χ4v) is 4.71. The molecule has 3 atom stereocenters. The van der Waals surface area contributed by atoms with Crippen molar-refractivity contribution in [1.82, 2.24) is 0 Å². The summed E-state index contributed by atoms with van der Waals surface area (Å²) >= 11 is 0. The number of primary amides is 1. The Kier molecular flexibility index (Phi) is 4.46. The van der Waals surface area contributed by atoms with Crippen molar-refractivity contribution in [2.24, 2.45) is 11.7 Å². The third-order valence-electron chi connectivity index (χ3n) is 4.57. The van der Waals surface area contributed by atoms with Crippen LogP contribution in [0.1, 0.15) is 31.2 Å². The highest BCUT2D eigenvalue weighted by molar-refractivity contribution is 7.92. The number of hydrogen-bond donors (Lipinski definition) is 1. The first kappa shape index (κ1) is 17.1. The van der Waals surface area contributed by atoms with E-state index in [0.717, 1.165) is 0 Å². The second-order valence-corrected chi connectivity index (χ2v) is 8.70. The second kappa shape index (κ2) is 6.27. The van der Waals surface area contributed by atoms with Crippen LogP contribution in [0.4, 0.5) is 8.78 Å². The SMILES string of the molecule is NC(=O)/C(=C/[C@H]1C[C@@H](F)[C@@H](F)C1)c1ccc(S(=O)(=O)C2CC2)cc1. The molecular formula is C17H19F2NO3S. The normalized spacial score (nSPS) is 28.1. The molecule has 0 bridgehead atoms. The van der Waals surface area contributed by atoms with Crippen LogP contribution < -0.4 is 5.73 Å². The van der Waals surface area contributed by atoms with E-state index in [1.807, 2.05) is 0 Å². The lowest BCUT2D eigenvalue weighted by Gasteiger charge is -2.09. The molecule has 4 nitrogen and oxygen atoms in total. The summed E-state index contributed by atoms with van der Waals surface area (Å²) in [5.41, 5.74) is 6.00. The lowest BCUT2D eigenvalue weighted by Crippen LogP contribution is -2.14. The summed E-state index contributed by atoms with van der Waals surface area (Å²) in [4.78, 5) is 11.9.